The van der Waals surface area contributed by atoms with Gasteiger partial charge in [0.25, 0.3) is 0 Å². The van der Waals surface area contributed by atoms with Crippen LogP contribution < -0.4 is 9.08 Å². The van der Waals surface area contributed by atoms with E-state index in [0.717, 1.165) is 12.1 Å². The quantitative estimate of drug-likeness (QED) is 0.0650. The Hall–Kier alpha value is -4.61. The van der Waals surface area contributed by atoms with Crippen molar-refractivity contribution >= 4 is 27.7 Å². The number of alkyl halides is 3. The van der Waals surface area contributed by atoms with E-state index in [1.807, 2.05) is 0 Å². The van der Waals surface area contributed by atoms with E-state index in [1.54, 1.807) is 52.0 Å². The zero-order chi connectivity index (χ0) is 43.2. The lowest BCUT2D eigenvalue weighted by Gasteiger charge is -2.52. The minimum atomic E-state index is -5.94. The predicted molar refractivity (Wildman–Crippen MR) is 200 cm³/mol. The van der Waals surface area contributed by atoms with Gasteiger partial charge in [-0.2, -0.15) is 21.6 Å². The molecule has 0 aromatic heterocycles. The van der Waals surface area contributed by atoms with E-state index in [9.17, 15) is 45.8 Å². The van der Waals surface area contributed by atoms with Gasteiger partial charge in [-0.05, 0) is 100 Å². The number of hydrogen-bond acceptors (Lipinski definition) is 12. The number of halogens is 4. The van der Waals surface area contributed by atoms with Crippen LogP contribution in [-0.2, 0) is 43.4 Å². The molecule has 13 nitrogen and oxygen atoms in total. The molecule has 318 valence electrons. The van der Waals surface area contributed by atoms with Crippen LogP contribution in [0.3, 0.4) is 0 Å². The summed E-state index contributed by atoms with van der Waals surface area (Å²) in [5.74, 6) is 0.758. The lowest BCUT2D eigenvalue weighted by Crippen LogP contribution is -2.70. The fourth-order valence-corrected chi connectivity index (χ4v) is 7.50. The second-order valence-electron chi connectivity index (χ2n) is 15.5. The molecule has 3 aromatic rings. The molecule has 0 bridgehead atoms. The van der Waals surface area contributed by atoms with Gasteiger partial charge in [-0.3, -0.25) is 9.59 Å². The van der Waals surface area contributed by atoms with Crippen molar-refractivity contribution in [1.29, 1.82) is 0 Å². The molecule has 3 aliphatic heterocycles. The van der Waals surface area contributed by atoms with E-state index < -0.39 is 80.1 Å². The molecule has 0 aliphatic carbocycles. The Morgan fingerprint density at radius 1 is 0.915 bits per heavy atom. The molecule has 18 heteroatoms. The number of β-lactam (4-membered cyclic amide) rings is 1. The molecule has 3 heterocycles. The molecule has 2 unspecified atom stereocenters. The summed E-state index contributed by atoms with van der Waals surface area (Å²) in [6.07, 6.45) is -1.78. The summed E-state index contributed by atoms with van der Waals surface area (Å²) in [7, 11) is -5.94. The molecule has 3 fully saturated rings. The first kappa shape index (κ1) is 44.0. The summed E-state index contributed by atoms with van der Waals surface area (Å²) in [4.78, 5) is 27.2. The smallest absolute Gasteiger partial charge is 0.458 e. The number of carbonyl (C=O) groups is 2. The lowest BCUT2D eigenvalue weighted by molar-refractivity contribution is -0.385. The van der Waals surface area contributed by atoms with E-state index in [0.29, 0.717) is 16.7 Å². The number of nitrogens with zero attached hydrogens (tertiary/aromatic N) is 1. The Morgan fingerprint density at radius 3 is 2.08 bits per heavy atom. The van der Waals surface area contributed by atoms with Gasteiger partial charge in [-0.1, -0.05) is 36.1 Å². The van der Waals surface area contributed by atoms with Crippen molar-refractivity contribution < 1.29 is 73.6 Å². The van der Waals surface area contributed by atoms with E-state index >= 15 is 0 Å². The predicted octanol–water partition coefficient (Wildman–Crippen LogP) is 5.59. The molecular weight excluding hydrogens is 807 g/mol. The molecule has 6 rings (SSSR count). The van der Waals surface area contributed by atoms with E-state index in [2.05, 4.69) is 16.0 Å². The molecule has 3 saturated heterocycles. The highest BCUT2D eigenvalue weighted by Crippen LogP contribution is 2.47. The molecule has 0 saturated carbocycles. The fourth-order valence-electron chi connectivity index (χ4n) is 7.04. The van der Waals surface area contributed by atoms with Crippen molar-refractivity contribution in [2.45, 2.75) is 94.0 Å². The van der Waals surface area contributed by atoms with Gasteiger partial charge in [0.2, 0.25) is 5.91 Å². The van der Waals surface area contributed by atoms with E-state index in [-0.39, 0.29) is 44.3 Å². The maximum Gasteiger partial charge on any atom is 0.534 e. The number of hydrogen-bond donors (Lipinski definition) is 2. The number of esters is 1. The van der Waals surface area contributed by atoms with E-state index in [1.165, 1.54) is 48.2 Å². The summed E-state index contributed by atoms with van der Waals surface area (Å²) < 4.78 is 109. The zero-order valence-corrected chi connectivity index (χ0v) is 33.4. The second-order valence-corrected chi connectivity index (χ2v) is 17.1. The molecule has 3 aromatic carbocycles. The van der Waals surface area contributed by atoms with Crippen LogP contribution in [-0.4, -0.2) is 84.7 Å². The standard InChI is InChI=1S/C41H43F4NO12S/c1-25(47)56-33(27-10-12-29(42)13-11-27)19-18-32-34(46(35(32)48)30-14-16-31(17-15-30)58-59(51,52)41(43,44)45)28-8-6-26(7-9-28)20-21-39(49)22-55-38(4,5)57-36(39)40(50)23-53-37(2,3)54-24-40/h6-17,32-34,36,49-50H,18-19,22-24H2,1-5H3/t32-,33+,34-,36?,39?/m1/s1. The van der Waals surface area contributed by atoms with Crippen molar-refractivity contribution in [2.75, 3.05) is 24.7 Å². The maximum absolute atomic E-state index is 13.8. The first-order chi connectivity index (χ1) is 27.4. The van der Waals surface area contributed by atoms with Crippen LogP contribution in [0.5, 0.6) is 5.75 Å². The van der Waals surface area contributed by atoms with Gasteiger partial charge >= 0.3 is 21.6 Å². The van der Waals surface area contributed by atoms with Gasteiger partial charge in [0.1, 0.15) is 29.4 Å². The lowest BCUT2D eigenvalue weighted by atomic mass is 9.78. The minimum absolute atomic E-state index is 0.165. The average molecular weight is 850 g/mol. The van der Waals surface area contributed by atoms with Crippen LogP contribution in [0.4, 0.5) is 23.2 Å². The SMILES string of the molecule is CC(=O)O[C@@H](CC[C@H]1C(=O)N(c2ccc(OS(=O)(=O)C(F)(F)F)cc2)[C@@H]1c1ccc(C#CC2(O)COC(C)(C)OC2C2(O)COC(C)(C)OC2)cc1)c1ccc(F)cc1. The van der Waals surface area contributed by atoms with Gasteiger partial charge in [-0.25, -0.2) is 4.39 Å². The Bertz CT molecular complexity index is 2190. The number of carbonyl (C=O) groups excluding carboxylic acids is 2. The van der Waals surface area contributed by atoms with Gasteiger partial charge in [0.05, 0.1) is 31.8 Å². The number of rotatable bonds is 10. The monoisotopic (exact) mass is 849 g/mol. The molecule has 59 heavy (non-hydrogen) atoms. The Labute approximate surface area is 338 Å². The summed E-state index contributed by atoms with van der Waals surface area (Å²) in [5, 5.41) is 23.4. The van der Waals surface area contributed by atoms with E-state index in [4.69, 9.17) is 23.7 Å². The number of benzene rings is 3. The Morgan fingerprint density at radius 2 is 1.51 bits per heavy atom. The highest BCUT2D eigenvalue weighted by molar-refractivity contribution is 7.88. The van der Waals surface area contributed by atoms with Crippen LogP contribution >= 0.6 is 0 Å². The molecule has 5 atom stereocenters. The largest absolute Gasteiger partial charge is 0.534 e. The van der Waals surface area contributed by atoms with Gasteiger partial charge in [-0.15, -0.1) is 0 Å². The summed E-state index contributed by atoms with van der Waals surface area (Å²) in [6.45, 7) is 7.11. The Kier molecular flexibility index (Phi) is 12.0. The number of amides is 1. The molecule has 0 spiro atoms. The first-order valence-corrected chi connectivity index (χ1v) is 19.9. The minimum Gasteiger partial charge on any atom is -0.458 e. The molecule has 1 amide bonds. The van der Waals surface area contributed by atoms with Crippen LogP contribution in [0.15, 0.2) is 72.8 Å². The average Bonchev–Trinajstić information content (AvgIpc) is 3.15. The van der Waals surface area contributed by atoms with Gasteiger partial charge in [0, 0.05) is 18.2 Å². The normalized spacial score (nSPS) is 25.5. The highest BCUT2D eigenvalue weighted by Gasteiger charge is 2.58. The summed E-state index contributed by atoms with van der Waals surface area (Å²) in [6, 6.07) is 15.8. The zero-order valence-electron chi connectivity index (χ0n) is 32.6. The van der Waals surface area contributed by atoms with Crippen molar-refractivity contribution in [3.05, 3.63) is 95.3 Å². The molecule has 2 N–H and O–H groups in total. The number of anilines is 1. The first-order valence-electron chi connectivity index (χ1n) is 18.5. The second kappa shape index (κ2) is 16.1. The van der Waals surface area contributed by atoms with Crippen molar-refractivity contribution in [3.63, 3.8) is 0 Å². The topological polar surface area (TPSA) is 167 Å². The maximum atomic E-state index is 13.8. The van der Waals surface area contributed by atoms with Crippen molar-refractivity contribution in [1.82, 2.24) is 0 Å². The summed E-state index contributed by atoms with van der Waals surface area (Å²) >= 11 is 0. The fraction of sp³-hybridized carbons (Fsp3) is 0.463. The highest BCUT2D eigenvalue weighted by atomic mass is 32.2. The third-order valence-electron chi connectivity index (χ3n) is 10.1. The molecular formula is C41H43F4NO12S. The van der Waals surface area contributed by atoms with Crippen LogP contribution in [0, 0.1) is 23.6 Å². The van der Waals surface area contributed by atoms with Crippen molar-refractivity contribution in [2.24, 2.45) is 5.92 Å². The number of aliphatic hydroxyl groups is 2. The van der Waals surface area contributed by atoms with Gasteiger partial charge in [0.15, 0.2) is 17.2 Å². The van der Waals surface area contributed by atoms with Crippen LogP contribution in [0.2, 0.25) is 0 Å². The third kappa shape index (κ3) is 9.73. The third-order valence-corrected chi connectivity index (χ3v) is 11.1. The van der Waals surface area contributed by atoms with Gasteiger partial charge < -0.3 is 43.0 Å². The Balaban J connectivity index is 1.28. The summed E-state index contributed by atoms with van der Waals surface area (Å²) in [5.41, 5.74) is -7.71. The number of ether oxygens (including phenoxy) is 5. The van der Waals surface area contributed by atoms with Crippen LogP contribution in [0.1, 0.15) is 76.3 Å². The molecule has 3 aliphatic rings. The molecule has 0 radical (unpaired) electrons. The van der Waals surface area contributed by atoms with Crippen molar-refractivity contribution in [3.8, 4) is 17.6 Å². The van der Waals surface area contributed by atoms with Crippen LogP contribution in [0.25, 0.3) is 0 Å².